The van der Waals surface area contributed by atoms with Gasteiger partial charge in [-0.1, -0.05) is 83.9 Å². The van der Waals surface area contributed by atoms with E-state index in [1.165, 1.54) is 0 Å². The molecule has 4 N–H and O–H groups in total. The zero-order chi connectivity index (χ0) is 26.0. The van der Waals surface area contributed by atoms with Crippen LogP contribution in [0, 0.1) is 0 Å². The van der Waals surface area contributed by atoms with Crippen LogP contribution < -0.4 is 21.3 Å². The molecule has 188 valence electrons. The minimum absolute atomic E-state index is 0.299. The Hall–Kier alpha value is -4.00. The Balaban J connectivity index is 1.22. The van der Waals surface area contributed by atoms with Crippen molar-refractivity contribution in [2.24, 2.45) is 0 Å². The third kappa shape index (κ3) is 8.00. The van der Waals surface area contributed by atoms with Crippen molar-refractivity contribution in [3.8, 4) is 0 Å². The fourth-order valence-corrected chi connectivity index (χ4v) is 4.04. The Morgan fingerprint density at radius 2 is 0.919 bits per heavy atom. The van der Waals surface area contributed by atoms with Gasteiger partial charge in [0.1, 0.15) is 0 Å². The molecule has 0 bridgehead atoms. The molecule has 4 aromatic rings. The van der Waals surface area contributed by atoms with Crippen LogP contribution in [0.1, 0.15) is 22.3 Å². The molecule has 37 heavy (non-hydrogen) atoms. The van der Waals surface area contributed by atoms with Gasteiger partial charge < -0.3 is 21.3 Å². The number of halogens is 2. The molecular weight excluding hydrogens is 507 g/mol. The van der Waals surface area contributed by atoms with Crippen LogP contribution in [-0.4, -0.2) is 12.1 Å². The van der Waals surface area contributed by atoms with Gasteiger partial charge in [-0.25, -0.2) is 9.59 Å². The van der Waals surface area contributed by atoms with E-state index in [1.54, 1.807) is 12.1 Å². The van der Waals surface area contributed by atoms with E-state index in [9.17, 15) is 9.59 Å². The van der Waals surface area contributed by atoms with Gasteiger partial charge in [-0.3, -0.25) is 0 Å². The van der Waals surface area contributed by atoms with Crippen LogP contribution >= 0.6 is 23.2 Å². The summed E-state index contributed by atoms with van der Waals surface area (Å²) in [5.74, 6) is 0. The summed E-state index contributed by atoms with van der Waals surface area (Å²) in [7, 11) is 0. The van der Waals surface area contributed by atoms with Crippen molar-refractivity contribution in [1.82, 2.24) is 10.6 Å². The van der Waals surface area contributed by atoms with Gasteiger partial charge in [-0.05, 0) is 65.1 Å². The maximum absolute atomic E-state index is 12.2. The van der Waals surface area contributed by atoms with Crippen molar-refractivity contribution in [3.63, 3.8) is 0 Å². The Labute approximate surface area is 226 Å². The minimum atomic E-state index is -0.299. The highest BCUT2D eigenvalue weighted by atomic mass is 35.5. The third-order valence-corrected chi connectivity index (χ3v) is 6.36. The fraction of sp³-hybridized carbons (Fsp3) is 0.103. The molecule has 0 saturated heterocycles. The van der Waals surface area contributed by atoms with Gasteiger partial charge in [0, 0.05) is 34.5 Å². The van der Waals surface area contributed by atoms with E-state index in [-0.39, 0.29) is 12.1 Å². The van der Waals surface area contributed by atoms with Crippen molar-refractivity contribution in [1.29, 1.82) is 0 Å². The monoisotopic (exact) mass is 532 g/mol. The molecular formula is C29H26Cl2N4O2. The number of rotatable bonds is 8. The van der Waals surface area contributed by atoms with Crippen LogP contribution in [0.3, 0.4) is 0 Å². The van der Waals surface area contributed by atoms with E-state index in [1.807, 2.05) is 84.9 Å². The molecule has 0 fully saturated rings. The lowest BCUT2D eigenvalue weighted by Crippen LogP contribution is -2.28. The zero-order valence-corrected chi connectivity index (χ0v) is 21.4. The summed E-state index contributed by atoms with van der Waals surface area (Å²) < 4.78 is 0. The van der Waals surface area contributed by atoms with Gasteiger partial charge in [-0.15, -0.1) is 0 Å². The third-order valence-electron chi connectivity index (χ3n) is 5.63. The predicted octanol–water partition coefficient (Wildman–Crippen LogP) is 7.23. The zero-order valence-electron chi connectivity index (χ0n) is 19.9. The molecule has 0 atom stereocenters. The first-order valence-corrected chi connectivity index (χ1v) is 12.5. The number of hydrogen-bond donors (Lipinski definition) is 4. The van der Waals surface area contributed by atoms with Crippen molar-refractivity contribution in [3.05, 3.63) is 129 Å². The summed E-state index contributed by atoms with van der Waals surface area (Å²) in [6.07, 6.45) is 0.720. The van der Waals surface area contributed by atoms with Gasteiger partial charge in [0.25, 0.3) is 0 Å². The number of anilines is 2. The number of carbonyl (C=O) groups excluding carboxylic acids is 2. The largest absolute Gasteiger partial charge is 0.334 e. The molecule has 0 aromatic heterocycles. The average Bonchev–Trinajstić information content (AvgIpc) is 2.90. The van der Waals surface area contributed by atoms with Gasteiger partial charge in [-0.2, -0.15) is 0 Å². The average molecular weight is 533 g/mol. The number of amides is 4. The maximum atomic E-state index is 12.2. The molecule has 0 radical (unpaired) electrons. The lowest BCUT2D eigenvalue weighted by atomic mass is 10.0. The molecule has 0 spiro atoms. The lowest BCUT2D eigenvalue weighted by Gasteiger charge is -2.10. The normalized spacial score (nSPS) is 10.4. The molecule has 0 unspecified atom stereocenters. The maximum Gasteiger partial charge on any atom is 0.319 e. The smallest absolute Gasteiger partial charge is 0.319 e. The Kier molecular flexibility index (Phi) is 9.03. The van der Waals surface area contributed by atoms with Crippen molar-refractivity contribution >= 4 is 46.6 Å². The highest BCUT2D eigenvalue weighted by Crippen LogP contribution is 2.18. The Morgan fingerprint density at radius 1 is 0.541 bits per heavy atom. The molecule has 4 rings (SSSR count). The summed E-state index contributed by atoms with van der Waals surface area (Å²) in [5, 5.41) is 12.5. The first kappa shape index (κ1) is 26.1. The van der Waals surface area contributed by atoms with Crippen LogP contribution in [0.2, 0.25) is 10.0 Å². The number of urea groups is 2. The predicted molar refractivity (Wildman–Crippen MR) is 150 cm³/mol. The summed E-state index contributed by atoms with van der Waals surface area (Å²) >= 11 is 12.2. The summed E-state index contributed by atoms with van der Waals surface area (Å²) in [6, 6.07) is 29.5. The van der Waals surface area contributed by atoms with Gasteiger partial charge >= 0.3 is 12.1 Å². The van der Waals surface area contributed by atoms with Crippen molar-refractivity contribution < 1.29 is 9.59 Å². The summed E-state index contributed by atoms with van der Waals surface area (Å²) in [6.45, 7) is 0.689. The second-order valence-electron chi connectivity index (χ2n) is 8.37. The fourth-order valence-electron chi connectivity index (χ4n) is 3.63. The Morgan fingerprint density at radius 3 is 1.30 bits per heavy atom. The van der Waals surface area contributed by atoms with Gasteiger partial charge in [0.05, 0.1) is 0 Å². The molecule has 0 saturated carbocycles. The van der Waals surface area contributed by atoms with E-state index >= 15 is 0 Å². The van der Waals surface area contributed by atoms with E-state index in [4.69, 9.17) is 23.2 Å². The SMILES string of the molecule is O=C(NCc1ccccc1Cl)Nc1ccc(Cc2ccc(NC(=O)NCc3ccccc3Cl)cc2)cc1. The summed E-state index contributed by atoms with van der Waals surface area (Å²) in [4.78, 5) is 24.4. The van der Waals surface area contributed by atoms with Crippen LogP contribution in [0.25, 0.3) is 0 Å². The number of nitrogens with one attached hydrogen (secondary N) is 4. The number of hydrogen-bond acceptors (Lipinski definition) is 2. The topological polar surface area (TPSA) is 82.3 Å². The Bertz CT molecular complexity index is 1250. The van der Waals surface area contributed by atoms with Crippen LogP contribution in [0.15, 0.2) is 97.1 Å². The van der Waals surface area contributed by atoms with Crippen LogP contribution in [0.4, 0.5) is 21.0 Å². The standard InChI is InChI=1S/C29H26Cl2N4O2/c30-26-7-3-1-5-22(26)18-32-28(36)34-24-13-9-20(10-14-24)17-21-11-15-25(16-12-21)35-29(37)33-19-23-6-2-4-8-27(23)31/h1-16H,17-19H2,(H2,32,34,36)(H2,33,35,37). The second-order valence-corrected chi connectivity index (χ2v) is 9.18. The minimum Gasteiger partial charge on any atom is -0.334 e. The quantitative estimate of drug-likeness (QED) is 0.193. The molecule has 0 aliphatic rings. The lowest BCUT2D eigenvalue weighted by molar-refractivity contribution is 0.251. The summed E-state index contributed by atoms with van der Waals surface area (Å²) in [5.41, 5.74) is 5.30. The van der Waals surface area contributed by atoms with E-state index in [0.29, 0.717) is 34.5 Å². The van der Waals surface area contributed by atoms with E-state index in [0.717, 1.165) is 28.7 Å². The van der Waals surface area contributed by atoms with E-state index < -0.39 is 0 Å². The molecule has 0 aliphatic carbocycles. The van der Waals surface area contributed by atoms with Crippen molar-refractivity contribution in [2.75, 3.05) is 10.6 Å². The van der Waals surface area contributed by atoms with Crippen molar-refractivity contribution in [2.45, 2.75) is 19.5 Å². The number of benzene rings is 4. The van der Waals surface area contributed by atoms with E-state index in [2.05, 4.69) is 21.3 Å². The first-order valence-electron chi connectivity index (χ1n) is 11.7. The van der Waals surface area contributed by atoms with Crippen LogP contribution in [0.5, 0.6) is 0 Å². The highest BCUT2D eigenvalue weighted by molar-refractivity contribution is 6.31. The molecule has 4 aromatic carbocycles. The molecule has 0 heterocycles. The molecule has 0 aliphatic heterocycles. The molecule has 4 amide bonds. The van der Waals surface area contributed by atoms with Crippen LogP contribution in [-0.2, 0) is 19.5 Å². The van der Waals surface area contributed by atoms with Gasteiger partial charge in [0.2, 0.25) is 0 Å². The van der Waals surface area contributed by atoms with Gasteiger partial charge in [0.15, 0.2) is 0 Å². The molecule has 8 heteroatoms. The highest BCUT2D eigenvalue weighted by Gasteiger charge is 2.06. The number of carbonyl (C=O) groups is 2. The molecule has 6 nitrogen and oxygen atoms in total. The first-order chi connectivity index (χ1) is 18.0. The second kappa shape index (κ2) is 12.8.